The molecule has 38 heavy (non-hydrogen) atoms. The van der Waals surface area contributed by atoms with Crippen LogP contribution in [-0.4, -0.2) is 31.6 Å². The summed E-state index contributed by atoms with van der Waals surface area (Å²) in [7, 11) is 3.13. The number of fused-ring (bicyclic) bond motifs is 1. The Morgan fingerprint density at radius 2 is 1.68 bits per heavy atom. The van der Waals surface area contributed by atoms with Gasteiger partial charge in [0.15, 0.2) is 11.5 Å². The van der Waals surface area contributed by atoms with Crippen molar-refractivity contribution in [1.29, 1.82) is 0 Å². The van der Waals surface area contributed by atoms with Crippen molar-refractivity contribution >= 4 is 28.8 Å². The van der Waals surface area contributed by atoms with Crippen LogP contribution in [0.25, 0.3) is 10.4 Å². The normalized spacial score (nSPS) is 15.2. The van der Waals surface area contributed by atoms with E-state index in [1.165, 1.54) is 17.4 Å². The lowest BCUT2D eigenvalue weighted by atomic mass is 9.87. The molecular formula is C29H23ClF3NO3S. The molecule has 0 saturated carbocycles. The van der Waals surface area contributed by atoms with Crippen LogP contribution >= 0.6 is 22.9 Å². The lowest BCUT2D eigenvalue weighted by Gasteiger charge is -2.38. The fourth-order valence-corrected chi connectivity index (χ4v) is 5.99. The van der Waals surface area contributed by atoms with E-state index in [1.807, 2.05) is 30.3 Å². The SMILES string of the molecule is COc1cc2c(cc1OC)[C@H](c1ccccc1Cl)N(C(=O)c1ccc(-c3cccc(C(F)(F)F)c3)s1)CC2. The zero-order valence-corrected chi connectivity index (χ0v) is 22.1. The van der Waals surface area contributed by atoms with E-state index in [0.29, 0.717) is 44.8 Å². The lowest BCUT2D eigenvalue weighted by Crippen LogP contribution is -2.40. The second-order valence-corrected chi connectivity index (χ2v) is 10.3. The van der Waals surface area contributed by atoms with Crippen LogP contribution in [-0.2, 0) is 12.6 Å². The van der Waals surface area contributed by atoms with Crippen LogP contribution in [0.1, 0.15) is 38.0 Å². The highest BCUT2D eigenvalue weighted by atomic mass is 35.5. The summed E-state index contributed by atoms with van der Waals surface area (Å²) in [6.07, 6.45) is -3.85. The molecule has 1 aromatic heterocycles. The minimum Gasteiger partial charge on any atom is -0.493 e. The molecule has 0 fully saturated rings. The van der Waals surface area contributed by atoms with E-state index in [4.69, 9.17) is 21.1 Å². The molecule has 2 heterocycles. The fourth-order valence-electron chi connectivity index (χ4n) is 4.80. The first-order valence-electron chi connectivity index (χ1n) is 11.8. The van der Waals surface area contributed by atoms with Crippen molar-refractivity contribution in [1.82, 2.24) is 4.90 Å². The van der Waals surface area contributed by atoms with Gasteiger partial charge in [-0.05, 0) is 71.1 Å². The third-order valence-corrected chi connectivity index (χ3v) is 8.09. The molecule has 3 aromatic carbocycles. The number of hydrogen-bond donors (Lipinski definition) is 0. The zero-order valence-electron chi connectivity index (χ0n) is 20.5. The fraction of sp³-hybridized carbons (Fsp3) is 0.207. The molecule has 0 N–H and O–H groups in total. The molecule has 0 radical (unpaired) electrons. The molecule has 1 aliphatic rings. The molecule has 4 nitrogen and oxygen atoms in total. The minimum atomic E-state index is -4.45. The summed E-state index contributed by atoms with van der Waals surface area (Å²) in [5, 5.41) is 0.522. The Bertz CT molecular complexity index is 1500. The molecule has 0 saturated heterocycles. The van der Waals surface area contributed by atoms with E-state index < -0.39 is 17.8 Å². The second kappa shape index (κ2) is 10.3. The average molecular weight is 558 g/mol. The first kappa shape index (κ1) is 26.1. The Morgan fingerprint density at radius 1 is 0.947 bits per heavy atom. The predicted molar refractivity (Wildman–Crippen MR) is 142 cm³/mol. The summed E-state index contributed by atoms with van der Waals surface area (Å²) in [4.78, 5) is 16.7. The zero-order chi connectivity index (χ0) is 27.0. The summed E-state index contributed by atoms with van der Waals surface area (Å²) < 4.78 is 50.7. The van der Waals surface area contributed by atoms with Crippen molar-refractivity contribution in [3.05, 3.63) is 105 Å². The highest BCUT2D eigenvalue weighted by molar-refractivity contribution is 7.17. The van der Waals surface area contributed by atoms with Crippen LogP contribution in [0.3, 0.4) is 0 Å². The van der Waals surface area contributed by atoms with Gasteiger partial charge in [-0.3, -0.25) is 4.79 Å². The third-order valence-electron chi connectivity index (χ3n) is 6.63. The first-order chi connectivity index (χ1) is 18.2. The maximum Gasteiger partial charge on any atom is 0.416 e. The van der Waals surface area contributed by atoms with Crippen molar-refractivity contribution in [2.24, 2.45) is 0 Å². The van der Waals surface area contributed by atoms with Crippen molar-refractivity contribution < 1.29 is 27.4 Å². The Labute approximate surface area is 227 Å². The van der Waals surface area contributed by atoms with Gasteiger partial charge in [-0.1, -0.05) is 41.9 Å². The summed E-state index contributed by atoms with van der Waals surface area (Å²) in [5.41, 5.74) is 2.35. The van der Waals surface area contributed by atoms with Crippen LogP contribution in [0.4, 0.5) is 13.2 Å². The van der Waals surface area contributed by atoms with E-state index in [0.717, 1.165) is 28.8 Å². The number of carbonyl (C=O) groups excluding carboxylic acids is 1. The topological polar surface area (TPSA) is 38.8 Å². The monoisotopic (exact) mass is 557 g/mol. The third kappa shape index (κ3) is 4.86. The quantitative estimate of drug-likeness (QED) is 0.250. The lowest BCUT2D eigenvalue weighted by molar-refractivity contribution is -0.137. The minimum absolute atomic E-state index is 0.224. The molecule has 0 bridgehead atoms. The Kier molecular flexibility index (Phi) is 7.11. The number of alkyl halides is 3. The van der Waals surface area contributed by atoms with Crippen LogP contribution in [0.2, 0.25) is 5.02 Å². The number of benzene rings is 3. The summed E-state index contributed by atoms with van der Waals surface area (Å²) in [6.45, 7) is 0.425. The number of carbonyl (C=O) groups is 1. The van der Waals surface area contributed by atoms with Crippen molar-refractivity contribution in [2.75, 3.05) is 20.8 Å². The van der Waals surface area contributed by atoms with Crippen molar-refractivity contribution in [2.45, 2.75) is 18.6 Å². The van der Waals surface area contributed by atoms with Gasteiger partial charge in [0.1, 0.15) is 0 Å². The van der Waals surface area contributed by atoms with Gasteiger partial charge in [0.05, 0.1) is 30.7 Å². The van der Waals surface area contributed by atoms with Crippen LogP contribution in [0.5, 0.6) is 11.5 Å². The maximum atomic E-state index is 13.9. The predicted octanol–water partition coefficient (Wildman–Crippen LogP) is 7.89. The number of thiophene rings is 1. The second-order valence-electron chi connectivity index (χ2n) is 8.82. The molecule has 0 aliphatic carbocycles. The Morgan fingerprint density at radius 3 is 2.39 bits per heavy atom. The molecule has 1 amide bonds. The molecule has 5 rings (SSSR count). The number of nitrogens with zero attached hydrogens (tertiary/aromatic N) is 1. The number of rotatable bonds is 5. The van der Waals surface area contributed by atoms with Gasteiger partial charge in [0.25, 0.3) is 5.91 Å². The standard InChI is InChI=1S/C29H23ClF3NO3S/c1-36-23-15-17-12-13-34(27(21(17)16-24(23)37-2)20-8-3-4-9-22(20)30)28(35)26-11-10-25(38-26)18-6-5-7-19(14-18)29(31,32)33/h3-11,14-16,27H,12-13H2,1-2H3/t27-/m0/s1. The van der Waals surface area contributed by atoms with Gasteiger partial charge in [-0.15, -0.1) is 11.3 Å². The number of ether oxygens (including phenoxy) is 2. The van der Waals surface area contributed by atoms with Gasteiger partial charge in [0, 0.05) is 16.4 Å². The van der Waals surface area contributed by atoms with Crippen LogP contribution in [0, 0.1) is 0 Å². The number of halogens is 4. The molecule has 4 aromatic rings. The maximum absolute atomic E-state index is 13.9. The average Bonchev–Trinajstić information content (AvgIpc) is 3.42. The molecule has 1 atom stereocenters. The highest BCUT2D eigenvalue weighted by Gasteiger charge is 2.35. The molecule has 0 unspecified atom stereocenters. The number of methoxy groups -OCH3 is 2. The largest absolute Gasteiger partial charge is 0.493 e. The number of amides is 1. The van der Waals surface area contributed by atoms with Crippen molar-refractivity contribution in [3.63, 3.8) is 0 Å². The highest BCUT2D eigenvalue weighted by Crippen LogP contribution is 2.44. The summed E-state index contributed by atoms with van der Waals surface area (Å²) in [6, 6.07) is 19.2. The van der Waals surface area contributed by atoms with E-state index in [-0.39, 0.29) is 5.91 Å². The molecule has 0 spiro atoms. The Balaban J connectivity index is 1.55. The van der Waals surface area contributed by atoms with E-state index in [2.05, 4.69) is 0 Å². The van der Waals surface area contributed by atoms with Gasteiger partial charge < -0.3 is 14.4 Å². The van der Waals surface area contributed by atoms with Gasteiger partial charge >= 0.3 is 6.18 Å². The van der Waals surface area contributed by atoms with E-state index in [1.54, 1.807) is 43.4 Å². The molecule has 196 valence electrons. The van der Waals surface area contributed by atoms with Gasteiger partial charge in [-0.2, -0.15) is 13.2 Å². The molecular weight excluding hydrogens is 535 g/mol. The van der Waals surface area contributed by atoms with Gasteiger partial charge in [0.2, 0.25) is 0 Å². The summed E-state index contributed by atoms with van der Waals surface area (Å²) >= 11 is 7.79. The van der Waals surface area contributed by atoms with Gasteiger partial charge in [-0.25, -0.2) is 0 Å². The van der Waals surface area contributed by atoms with Crippen molar-refractivity contribution in [3.8, 4) is 21.9 Å². The Hall–Kier alpha value is -3.49. The number of hydrogen-bond acceptors (Lipinski definition) is 4. The van der Waals surface area contributed by atoms with Crippen LogP contribution in [0.15, 0.2) is 72.8 Å². The van der Waals surface area contributed by atoms with E-state index >= 15 is 0 Å². The molecule has 1 aliphatic heterocycles. The van der Waals surface area contributed by atoms with Crippen LogP contribution < -0.4 is 9.47 Å². The van der Waals surface area contributed by atoms with E-state index in [9.17, 15) is 18.0 Å². The molecule has 9 heteroatoms. The summed E-state index contributed by atoms with van der Waals surface area (Å²) in [5.74, 6) is 0.923. The first-order valence-corrected chi connectivity index (χ1v) is 13.0. The smallest absolute Gasteiger partial charge is 0.416 e.